The molecule has 0 radical (unpaired) electrons. The molecule has 214 valence electrons. The van der Waals surface area contributed by atoms with Crippen LogP contribution >= 0.6 is 11.6 Å². The van der Waals surface area contributed by atoms with Crippen molar-refractivity contribution in [3.8, 4) is 0 Å². The Hall–Kier alpha value is -4.06. The summed E-state index contributed by atoms with van der Waals surface area (Å²) >= 11 is 5.76. The van der Waals surface area contributed by atoms with E-state index < -0.39 is 23.7 Å². The molecule has 0 bridgehead atoms. The molecular formula is C27H29ClF4N6O2. The predicted molar refractivity (Wildman–Crippen MR) is 149 cm³/mol. The number of halogens is 5. The highest BCUT2D eigenvalue weighted by Gasteiger charge is 2.35. The number of pyridine rings is 1. The quantitative estimate of drug-likeness (QED) is 0.216. The number of nitrogens with zero attached hydrogens (tertiary/aromatic N) is 5. The molecule has 0 saturated carbocycles. The molecule has 0 aliphatic rings. The number of carboxylic acids is 1. The number of rotatable bonds is 8. The zero-order valence-electron chi connectivity index (χ0n) is 22.5. The molecule has 0 atom stereocenters. The van der Waals surface area contributed by atoms with E-state index in [9.17, 15) is 27.5 Å². The number of aryl methyl sites for hydroxylation is 2. The fourth-order valence-corrected chi connectivity index (χ4v) is 3.31. The van der Waals surface area contributed by atoms with E-state index in [2.05, 4.69) is 52.9 Å². The molecule has 13 heteroatoms. The van der Waals surface area contributed by atoms with Crippen LogP contribution in [0.4, 0.5) is 23.2 Å². The van der Waals surface area contributed by atoms with Crippen LogP contribution in [0.25, 0.3) is 11.4 Å². The van der Waals surface area contributed by atoms with Crippen LogP contribution < -0.4 is 5.32 Å². The first-order valence-corrected chi connectivity index (χ1v) is 12.3. The minimum Gasteiger partial charge on any atom is -0.478 e. The Bertz CT molecular complexity index is 1430. The van der Waals surface area contributed by atoms with E-state index in [1.807, 2.05) is 0 Å². The molecule has 2 heterocycles. The molecule has 3 aromatic rings. The molecule has 0 unspecified atom stereocenters. The van der Waals surface area contributed by atoms with Gasteiger partial charge >= 0.3 is 12.1 Å². The van der Waals surface area contributed by atoms with Gasteiger partial charge in [-0.25, -0.2) is 18.9 Å². The second-order valence-corrected chi connectivity index (χ2v) is 9.55. The van der Waals surface area contributed by atoms with Crippen LogP contribution in [0, 0.1) is 25.6 Å². The lowest BCUT2D eigenvalue weighted by atomic mass is 10.0. The van der Waals surface area contributed by atoms with Crippen molar-refractivity contribution in [3.63, 3.8) is 0 Å². The summed E-state index contributed by atoms with van der Waals surface area (Å²) in [4.78, 5) is 23.8. The van der Waals surface area contributed by atoms with Gasteiger partial charge in [0.15, 0.2) is 11.5 Å². The lowest BCUT2D eigenvalue weighted by Gasteiger charge is -2.12. The van der Waals surface area contributed by atoms with Gasteiger partial charge in [0, 0.05) is 34.9 Å². The smallest absolute Gasteiger partial charge is 0.435 e. The molecule has 0 amide bonds. The zero-order chi connectivity index (χ0) is 30.2. The van der Waals surface area contributed by atoms with Crippen molar-refractivity contribution >= 4 is 47.6 Å². The molecular weight excluding hydrogens is 552 g/mol. The number of hydrogen-bond acceptors (Lipinski definition) is 6. The molecule has 40 heavy (non-hydrogen) atoms. The van der Waals surface area contributed by atoms with Gasteiger partial charge in [0.25, 0.3) is 0 Å². The summed E-state index contributed by atoms with van der Waals surface area (Å²) in [7, 11) is 0. The van der Waals surface area contributed by atoms with E-state index >= 15 is 0 Å². The number of alkyl halides is 3. The van der Waals surface area contributed by atoms with Crippen molar-refractivity contribution < 1.29 is 27.5 Å². The monoisotopic (exact) mass is 580 g/mol. The Labute approximate surface area is 234 Å². The Morgan fingerprint density at radius 1 is 1.23 bits per heavy atom. The molecule has 0 spiro atoms. The molecule has 8 nitrogen and oxygen atoms in total. The van der Waals surface area contributed by atoms with Gasteiger partial charge in [-0.05, 0) is 56.8 Å². The standard InChI is InChI=1S/C23H19ClF4N6O2.C4H10/c1-12-6-20(23(26,27)28)33-34(12)21(29-3)17(14-7-16(22(35)36)13(2)31-9-14)10-30-11-32-15-4-5-19(25)18(24)8-15;1-4(2)3/h4-10,32H,3,11H2,1-2H3,(H,35,36);4H,1-3H3/b21-17-,30-10-;. The maximum Gasteiger partial charge on any atom is 0.435 e. The Morgan fingerprint density at radius 2 is 1.88 bits per heavy atom. The van der Waals surface area contributed by atoms with Crippen molar-refractivity contribution in [3.05, 3.63) is 75.6 Å². The van der Waals surface area contributed by atoms with Crippen molar-refractivity contribution in [2.45, 2.75) is 40.8 Å². The number of allylic oxidation sites excluding steroid dienone is 1. The second kappa shape index (κ2) is 13.8. The van der Waals surface area contributed by atoms with E-state index in [0.717, 1.165) is 16.7 Å². The van der Waals surface area contributed by atoms with Crippen molar-refractivity contribution in [1.82, 2.24) is 14.8 Å². The molecule has 2 aromatic heterocycles. The first-order chi connectivity index (χ1) is 18.6. The summed E-state index contributed by atoms with van der Waals surface area (Å²) in [5, 5.41) is 15.9. The van der Waals surface area contributed by atoms with Gasteiger partial charge < -0.3 is 10.4 Å². The first kappa shape index (κ1) is 32.2. The van der Waals surface area contributed by atoms with Crippen LogP contribution in [0.1, 0.15) is 53.8 Å². The minimum atomic E-state index is -4.70. The highest BCUT2D eigenvalue weighted by atomic mass is 35.5. The second-order valence-electron chi connectivity index (χ2n) is 9.15. The van der Waals surface area contributed by atoms with Crippen LogP contribution in [-0.2, 0) is 6.18 Å². The highest BCUT2D eigenvalue weighted by molar-refractivity contribution is 6.31. The molecule has 0 aliphatic carbocycles. The fourth-order valence-electron chi connectivity index (χ4n) is 3.13. The van der Waals surface area contributed by atoms with Gasteiger partial charge in [-0.15, -0.1) is 0 Å². The van der Waals surface area contributed by atoms with Gasteiger partial charge in [0.2, 0.25) is 0 Å². The van der Waals surface area contributed by atoms with Crippen LogP contribution in [0.2, 0.25) is 5.02 Å². The van der Waals surface area contributed by atoms with Crippen molar-refractivity contribution in [2.75, 3.05) is 12.0 Å². The van der Waals surface area contributed by atoms with E-state index in [1.165, 1.54) is 50.5 Å². The van der Waals surface area contributed by atoms with Crippen LogP contribution in [0.15, 0.2) is 46.5 Å². The third-order valence-corrected chi connectivity index (χ3v) is 5.20. The lowest BCUT2D eigenvalue weighted by molar-refractivity contribution is -0.141. The minimum absolute atomic E-state index is 0.0488. The Kier molecular flexibility index (Phi) is 11.1. The topological polar surface area (TPSA) is 105 Å². The number of aromatic carboxylic acids is 1. The number of nitrogens with one attached hydrogen (secondary N) is 1. The largest absolute Gasteiger partial charge is 0.478 e. The fraction of sp³-hybridized carbons (Fsp3) is 0.296. The molecule has 3 rings (SSSR count). The number of aliphatic imine (C=N–C) groups is 2. The number of benzene rings is 1. The first-order valence-electron chi connectivity index (χ1n) is 11.9. The summed E-state index contributed by atoms with van der Waals surface area (Å²) < 4.78 is 54.0. The maximum atomic E-state index is 13.4. The summed E-state index contributed by atoms with van der Waals surface area (Å²) in [6, 6.07) is 6.11. The molecule has 0 aliphatic heterocycles. The van der Waals surface area contributed by atoms with Gasteiger partial charge in [-0.2, -0.15) is 18.3 Å². The summed E-state index contributed by atoms with van der Waals surface area (Å²) in [5.41, 5.74) is -0.131. The van der Waals surface area contributed by atoms with E-state index in [1.54, 1.807) is 0 Å². The summed E-state index contributed by atoms with van der Waals surface area (Å²) in [5.74, 6) is -1.12. The maximum absolute atomic E-state index is 13.4. The van der Waals surface area contributed by atoms with Gasteiger partial charge in [0.1, 0.15) is 12.5 Å². The normalized spacial score (nSPS) is 12.2. The number of carbonyl (C=O) groups is 1. The van der Waals surface area contributed by atoms with Crippen LogP contribution in [0.5, 0.6) is 0 Å². The Morgan fingerprint density at radius 3 is 2.40 bits per heavy atom. The molecule has 0 fully saturated rings. The third kappa shape index (κ3) is 8.73. The highest BCUT2D eigenvalue weighted by Crippen LogP contribution is 2.31. The average molecular weight is 581 g/mol. The molecule has 1 aromatic carbocycles. The van der Waals surface area contributed by atoms with Crippen molar-refractivity contribution in [2.24, 2.45) is 15.9 Å². The van der Waals surface area contributed by atoms with E-state index in [4.69, 9.17) is 11.6 Å². The predicted octanol–water partition coefficient (Wildman–Crippen LogP) is 7.23. The van der Waals surface area contributed by atoms with Crippen LogP contribution in [-0.4, -0.2) is 45.4 Å². The summed E-state index contributed by atoms with van der Waals surface area (Å²) in [6.45, 7) is 12.8. The van der Waals surface area contributed by atoms with Gasteiger partial charge in [0.05, 0.1) is 16.3 Å². The lowest BCUT2D eigenvalue weighted by Crippen LogP contribution is -2.10. The Balaban J connectivity index is 0.00000131. The number of anilines is 1. The average Bonchev–Trinajstić information content (AvgIpc) is 3.25. The third-order valence-electron chi connectivity index (χ3n) is 4.91. The molecule has 2 N–H and O–H groups in total. The molecule has 0 saturated heterocycles. The number of aromatic nitrogens is 3. The van der Waals surface area contributed by atoms with Gasteiger partial charge in [-0.1, -0.05) is 32.4 Å². The van der Waals surface area contributed by atoms with Gasteiger partial charge in [-0.3, -0.25) is 9.98 Å². The SMILES string of the molecule is C=N/C(=C(\C=N/CNc1ccc(F)c(Cl)c1)c1cnc(C)c(C(=O)O)c1)n1nc(C(F)(F)F)cc1C.CC(C)C. The number of carboxylic acid groups (broad SMARTS) is 1. The zero-order valence-corrected chi connectivity index (χ0v) is 23.3. The van der Waals surface area contributed by atoms with Crippen molar-refractivity contribution in [1.29, 1.82) is 0 Å². The number of hydrogen-bond donors (Lipinski definition) is 2. The summed E-state index contributed by atoms with van der Waals surface area (Å²) in [6.07, 6.45) is -2.09. The van der Waals surface area contributed by atoms with E-state index in [-0.39, 0.29) is 45.6 Å². The van der Waals surface area contributed by atoms with E-state index in [0.29, 0.717) is 5.69 Å². The van der Waals surface area contributed by atoms with Crippen LogP contribution in [0.3, 0.4) is 0 Å².